The summed E-state index contributed by atoms with van der Waals surface area (Å²) in [6.45, 7) is 0. The quantitative estimate of drug-likeness (QED) is 0.171. The number of hydrogen-bond donors (Lipinski definition) is 1. The van der Waals surface area contributed by atoms with Gasteiger partial charge in [-0.25, -0.2) is 30.4 Å². The third-order valence-electron chi connectivity index (χ3n) is 7.85. The number of rotatable bonds is 8. The minimum absolute atomic E-state index is 0.000967. The van der Waals surface area contributed by atoms with Gasteiger partial charge in [-0.2, -0.15) is 5.26 Å². The van der Waals surface area contributed by atoms with Crippen LogP contribution in [0.3, 0.4) is 0 Å². The van der Waals surface area contributed by atoms with E-state index in [9.17, 15) is 36.8 Å². The molecule has 12 heteroatoms. The zero-order chi connectivity index (χ0) is 34.3. The zero-order valence-corrected chi connectivity index (χ0v) is 26.4. The van der Waals surface area contributed by atoms with Crippen molar-refractivity contribution in [3.63, 3.8) is 0 Å². The van der Waals surface area contributed by atoms with Gasteiger partial charge in [-0.05, 0) is 54.1 Å². The van der Waals surface area contributed by atoms with Crippen LogP contribution in [0.25, 0.3) is 44.4 Å². The Balaban J connectivity index is 1.72. The number of aromatic nitrogens is 1. The van der Waals surface area contributed by atoms with Gasteiger partial charge in [0.1, 0.15) is 11.4 Å². The topological polar surface area (TPSA) is 109 Å². The average molecular weight is 687 g/mol. The SMILES string of the molecule is COc1c(C(=O)O)ccc(-c2cccc(-c3c(-c4ccccc4C#N)c4cc(F)ccc4n3S(=O)(=O)c3ccc(C(F)F)cc3)c2)c1Cl. The van der Waals surface area contributed by atoms with Gasteiger partial charge in [0.2, 0.25) is 0 Å². The molecule has 0 aliphatic rings. The Morgan fingerprint density at radius 3 is 2.29 bits per heavy atom. The van der Waals surface area contributed by atoms with Gasteiger partial charge in [0, 0.05) is 33.2 Å². The van der Waals surface area contributed by atoms with Crippen molar-refractivity contribution >= 4 is 38.5 Å². The molecule has 0 atom stereocenters. The zero-order valence-electron chi connectivity index (χ0n) is 24.8. The number of halogens is 4. The molecule has 0 unspecified atom stereocenters. The van der Waals surface area contributed by atoms with Crippen molar-refractivity contribution in [2.24, 2.45) is 0 Å². The fourth-order valence-electron chi connectivity index (χ4n) is 5.69. The highest BCUT2D eigenvalue weighted by atomic mass is 35.5. The van der Waals surface area contributed by atoms with Crippen LogP contribution in [0, 0.1) is 17.1 Å². The van der Waals surface area contributed by atoms with Crippen LogP contribution in [0.4, 0.5) is 13.2 Å². The van der Waals surface area contributed by atoms with Gasteiger partial charge >= 0.3 is 5.97 Å². The lowest BCUT2D eigenvalue weighted by atomic mass is 9.93. The molecule has 240 valence electrons. The highest BCUT2D eigenvalue weighted by Crippen LogP contribution is 2.46. The first-order chi connectivity index (χ1) is 23.0. The second kappa shape index (κ2) is 12.6. The summed E-state index contributed by atoms with van der Waals surface area (Å²) in [7, 11) is -3.28. The van der Waals surface area contributed by atoms with E-state index in [0.29, 0.717) is 22.3 Å². The number of fused-ring (bicyclic) bond motifs is 1. The first-order valence-corrected chi connectivity index (χ1v) is 16.0. The minimum atomic E-state index is -4.56. The molecule has 0 spiro atoms. The van der Waals surface area contributed by atoms with E-state index in [2.05, 4.69) is 6.07 Å². The summed E-state index contributed by atoms with van der Waals surface area (Å²) >= 11 is 6.64. The monoisotopic (exact) mass is 686 g/mol. The van der Waals surface area contributed by atoms with E-state index >= 15 is 0 Å². The van der Waals surface area contributed by atoms with Gasteiger partial charge in [-0.3, -0.25) is 0 Å². The number of carboxylic acids is 1. The van der Waals surface area contributed by atoms with E-state index in [0.717, 1.165) is 34.3 Å². The van der Waals surface area contributed by atoms with E-state index in [4.69, 9.17) is 16.3 Å². The lowest BCUT2D eigenvalue weighted by Crippen LogP contribution is -2.14. The van der Waals surface area contributed by atoms with Gasteiger partial charge in [0.05, 0.1) is 39.9 Å². The molecule has 0 saturated heterocycles. The number of ether oxygens (including phenoxy) is 1. The summed E-state index contributed by atoms with van der Waals surface area (Å²) in [5.74, 6) is -1.99. The molecule has 1 N–H and O–H groups in total. The van der Waals surface area contributed by atoms with Crippen molar-refractivity contribution in [3.05, 3.63) is 131 Å². The number of alkyl halides is 2. The van der Waals surface area contributed by atoms with Crippen LogP contribution in [0.1, 0.15) is 27.9 Å². The van der Waals surface area contributed by atoms with E-state index in [1.54, 1.807) is 48.5 Å². The van der Waals surface area contributed by atoms with E-state index in [1.165, 1.54) is 31.4 Å². The standard InChI is InChI=1S/C36H22ClF3N2O5S/c1-47-34-28(36(43)44)15-14-27(32(34)37)21-6-4-7-22(17-21)33-31(26-8-3-2-5-23(26)19-41)29-18-24(38)11-16-30(29)42(33)48(45,46)25-12-9-20(10-13-25)35(39)40/h2-18,35H,1H3,(H,43,44). The number of hydrogen-bond acceptors (Lipinski definition) is 5. The van der Waals surface area contributed by atoms with Crippen molar-refractivity contribution in [1.29, 1.82) is 5.26 Å². The first-order valence-electron chi connectivity index (χ1n) is 14.2. The molecule has 1 heterocycles. The summed E-state index contributed by atoms with van der Waals surface area (Å²) in [6.07, 6.45) is -2.82. The molecular formula is C36H22ClF3N2O5S. The van der Waals surface area contributed by atoms with Gasteiger partial charge in [0.25, 0.3) is 16.4 Å². The van der Waals surface area contributed by atoms with Crippen molar-refractivity contribution < 1.29 is 36.2 Å². The van der Waals surface area contributed by atoms with E-state index in [1.807, 2.05) is 0 Å². The summed E-state index contributed by atoms with van der Waals surface area (Å²) in [6, 6.07) is 25.7. The molecule has 7 nitrogen and oxygen atoms in total. The summed E-state index contributed by atoms with van der Waals surface area (Å²) in [5.41, 5.74) is 1.47. The molecule has 1 aromatic heterocycles. The van der Waals surface area contributed by atoms with Crippen LogP contribution in [0.15, 0.2) is 108 Å². The number of nitrogens with zero attached hydrogens (tertiary/aromatic N) is 2. The minimum Gasteiger partial charge on any atom is -0.494 e. The van der Waals surface area contributed by atoms with Crippen LogP contribution in [0.2, 0.25) is 5.02 Å². The number of carbonyl (C=O) groups is 1. The second-order valence-corrected chi connectivity index (χ2v) is 12.7. The van der Waals surface area contributed by atoms with Crippen LogP contribution < -0.4 is 4.74 Å². The molecular weight excluding hydrogens is 665 g/mol. The maximum atomic E-state index is 14.9. The molecule has 0 amide bonds. The lowest BCUT2D eigenvalue weighted by molar-refractivity contribution is 0.0693. The Morgan fingerprint density at radius 1 is 0.917 bits per heavy atom. The fourth-order valence-corrected chi connectivity index (χ4v) is 7.59. The largest absolute Gasteiger partial charge is 0.494 e. The van der Waals surface area contributed by atoms with Gasteiger partial charge in [-0.15, -0.1) is 0 Å². The third-order valence-corrected chi connectivity index (χ3v) is 9.96. The highest BCUT2D eigenvalue weighted by Gasteiger charge is 2.30. The number of benzene rings is 5. The Labute approximate surface area is 277 Å². The fraction of sp³-hybridized carbons (Fsp3) is 0.0556. The van der Waals surface area contributed by atoms with Crippen LogP contribution >= 0.6 is 11.6 Å². The van der Waals surface area contributed by atoms with Crippen LogP contribution in [-0.2, 0) is 10.0 Å². The number of nitriles is 1. The number of methoxy groups -OCH3 is 1. The van der Waals surface area contributed by atoms with Gasteiger partial charge in [0.15, 0.2) is 5.75 Å². The molecule has 0 saturated carbocycles. The van der Waals surface area contributed by atoms with Crippen LogP contribution in [-0.4, -0.2) is 30.6 Å². The first kappa shape index (κ1) is 32.4. The van der Waals surface area contributed by atoms with Crippen LogP contribution in [0.5, 0.6) is 5.75 Å². The van der Waals surface area contributed by atoms with Crippen molar-refractivity contribution in [2.45, 2.75) is 11.3 Å². The Kier molecular flexibility index (Phi) is 8.47. The molecule has 5 aromatic carbocycles. The Hall–Kier alpha value is -5.57. The molecule has 6 rings (SSSR count). The molecule has 0 radical (unpaired) electrons. The molecule has 0 aliphatic carbocycles. The molecule has 48 heavy (non-hydrogen) atoms. The highest BCUT2D eigenvalue weighted by molar-refractivity contribution is 7.90. The smallest absolute Gasteiger partial charge is 0.339 e. The molecule has 0 aliphatic heterocycles. The van der Waals surface area contributed by atoms with Gasteiger partial charge < -0.3 is 9.84 Å². The van der Waals surface area contributed by atoms with E-state index < -0.39 is 28.2 Å². The van der Waals surface area contributed by atoms with E-state index in [-0.39, 0.29) is 54.5 Å². The summed E-state index contributed by atoms with van der Waals surface area (Å²) in [5, 5.41) is 19.8. The number of aromatic carboxylic acids is 1. The summed E-state index contributed by atoms with van der Waals surface area (Å²) < 4.78 is 77.0. The van der Waals surface area contributed by atoms with Gasteiger partial charge in [-0.1, -0.05) is 66.2 Å². The van der Waals surface area contributed by atoms with Crippen molar-refractivity contribution in [3.8, 4) is 45.3 Å². The average Bonchev–Trinajstić information content (AvgIpc) is 3.43. The predicted molar refractivity (Wildman–Crippen MR) is 175 cm³/mol. The Morgan fingerprint density at radius 2 is 1.62 bits per heavy atom. The number of carboxylic acid groups (broad SMARTS) is 1. The molecule has 6 aromatic rings. The third kappa shape index (κ3) is 5.45. The predicted octanol–water partition coefficient (Wildman–Crippen LogP) is 9.19. The summed E-state index contributed by atoms with van der Waals surface area (Å²) in [4.78, 5) is 11.5. The van der Waals surface area contributed by atoms with Crippen molar-refractivity contribution in [2.75, 3.05) is 7.11 Å². The molecule has 0 fully saturated rings. The maximum absolute atomic E-state index is 14.9. The maximum Gasteiger partial charge on any atom is 0.339 e. The molecule has 0 bridgehead atoms. The Bertz CT molecular complexity index is 2400. The van der Waals surface area contributed by atoms with Crippen molar-refractivity contribution in [1.82, 2.24) is 3.97 Å². The lowest BCUT2D eigenvalue weighted by Gasteiger charge is -2.16. The second-order valence-electron chi connectivity index (χ2n) is 10.6. The normalized spacial score (nSPS) is 11.5.